The second-order valence-corrected chi connectivity index (χ2v) is 9.85. The van der Waals surface area contributed by atoms with Gasteiger partial charge in [0.2, 0.25) is 17.6 Å². The predicted molar refractivity (Wildman–Crippen MR) is 133 cm³/mol. The van der Waals surface area contributed by atoms with Gasteiger partial charge in [0.15, 0.2) is 0 Å². The zero-order valence-corrected chi connectivity index (χ0v) is 20.4. The Balaban J connectivity index is 1.21. The molecule has 1 saturated heterocycles. The fourth-order valence-electron chi connectivity index (χ4n) is 4.02. The van der Waals surface area contributed by atoms with Crippen LogP contribution in [-0.2, 0) is 17.1 Å². The first-order chi connectivity index (χ1) is 16.1. The molecule has 1 atom stereocenters. The largest absolute Gasteiger partial charge is 0.355 e. The number of halogens is 1. The standard InChI is InChI=1S/C25H29ClN4O2S/c1-18-7-2-3-8-20(18)17-33-14-12-27-25(31)19-9-6-13-30(15-19)16-23-28-24(29-32-23)21-10-4-5-11-22(21)26/h2-5,7-8,10-11,19H,6,9,12-17H2,1H3,(H,27,31). The highest BCUT2D eigenvalue weighted by molar-refractivity contribution is 7.98. The van der Waals surface area contributed by atoms with Crippen molar-refractivity contribution >= 4 is 29.3 Å². The Morgan fingerprint density at radius 1 is 1.24 bits per heavy atom. The zero-order valence-electron chi connectivity index (χ0n) is 18.8. The number of amides is 1. The number of rotatable bonds is 9. The molecule has 1 N–H and O–H groups in total. The molecule has 8 heteroatoms. The van der Waals surface area contributed by atoms with Crippen LogP contribution in [0.2, 0.25) is 5.02 Å². The van der Waals surface area contributed by atoms with Crippen LogP contribution in [0.15, 0.2) is 53.1 Å². The summed E-state index contributed by atoms with van der Waals surface area (Å²) in [4.78, 5) is 19.4. The lowest BCUT2D eigenvalue weighted by molar-refractivity contribution is -0.126. The van der Waals surface area contributed by atoms with Gasteiger partial charge >= 0.3 is 0 Å². The topological polar surface area (TPSA) is 71.3 Å². The van der Waals surface area contributed by atoms with Crippen LogP contribution in [0, 0.1) is 12.8 Å². The third-order valence-corrected chi connectivity index (χ3v) is 7.22. The summed E-state index contributed by atoms with van der Waals surface area (Å²) in [6, 6.07) is 15.9. The van der Waals surface area contributed by atoms with E-state index in [1.807, 2.05) is 36.0 Å². The molecule has 1 unspecified atom stereocenters. The van der Waals surface area contributed by atoms with Crippen molar-refractivity contribution in [1.29, 1.82) is 0 Å². The van der Waals surface area contributed by atoms with E-state index in [9.17, 15) is 4.79 Å². The number of piperidine rings is 1. The minimum absolute atomic E-state index is 0.00826. The number of aromatic nitrogens is 2. The highest BCUT2D eigenvalue weighted by Gasteiger charge is 2.26. The summed E-state index contributed by atoms with van der Waals surface area (Å²) >= 11 is 8.09. The molecule has 1 fully saturated rings. The molecule has 1 aromatic heterocycles. The van der Waals surface area contributed by atoms with E-state index in [0.29, 0.717) is 36.4 Å². The van der Waals surface area contributed by atoms with E-state index in [1.54, 1.807) is 0 Å². The van der Waals surface area contributed by atoms with E-state index in [4.69, 9.17) is 16.1 Å². The first-order valence-electron chi connectivity index (χ1n) is 11.3. The number of nitrogens with zero attached hydrogens (tertiary/aromatic N) is 3. The molecule has 0 bridgehead atoms. The Morgan fingerprint density at radius 3 is 2.91 bits per heavy atom. The van der Waals surface area contributed by atoms with Gasteiger partial charge in [-0.15, -0.1) is 0 Å². The van der Waals surface area contributed by atoms with Crippen LogP contribution in [-0.4, -0.2) is 46.3 Å². The Kier molecular flexibility index (Phi) is 8.42. The molecule has 174 valence electrons. The fraction of sp³-hybridized carbons (Fsp3) is 0.400. The van der Waals surface area contributed by atoms with E-state index >= 15 is 0 Å². The van der Waals surface area contributed by atoms with Crippen molar-refractivity contribution in [1.82, 2.24) is 20.4 Å². The van der Waals surface area contributed by atoms with Crippen molar-refractivity contribution in [2.24, 2.45) is 5.92 Å². The van der Waals surface area contributed by atoms with Gasteiger partial charge in [-0.3, -0.25) is 9.69 Å². The third-order valence-electron chi connectivity index (χ3n) is 5.88. The predicted octanol–water partition coefficient (Wildman–Crippen LogP) is 4.96. The smallest absolute Gasteiger partial charge is 0.241 e. The summed E-state index contributed by atoms with van der Waals surface area (Å²) in [5, 5.41) is 7.78. The molecule has 33 heavy (non-hydrogen) atoms. The van der Waals surface area contributed by atoms with Gasteiger partial charge in [-0.2, -0.15) is 16.7 Å². The van der Waals surface area contributed by atoms with Crippen LogP contribution in [0.1, 0.15) is 29.9 Å². The summed E-state index contributed by atoms with van der Waals surface area (Å²) < 4.78 is 5.44. The van der Waals surface area contributed by atoms with Gasteiger partial charge in [-0.25, -0.2) is 0 Å². The van der Waals surface area contributed by atoms with E-state index < -0.39 is 0 Å². The molecule has 3 aromatic rings. The van der Waals surface area contributed by atoms with Crippen molar-refractivity contribution in [3.63, 3.8) is 0 Å². The van der Waals surface area contributed by atoms with Crippen LogP contribution in [0.25, 0.3) is 11.4 Å². The number of thioether (sulfide) groups is 1. The third kappa shape index (κ3) is 6.59. The summed E-state index contributed by atoms with van der Waals surface area (Å²) in [6.45, 7) is 4.98. The van der Waals surface area contributed by atoms with Crippen LogP contribution in [0.5, 0.6) is 0 Å². The molecule has 1 aliphatic heterocycles. The Labute approximate surface area is 204 Å². The minimum Gasteiger partial charge on any atom is -0.355 e. The number of carbonyl (C=O) groups excluding carboxylic acids is 1. The number of nitrogens with one attached hydrogen (secondary N) is 1. The Bertz CT molecular complexity index is 1070. The number of aryl methyl sites for hydroxylation is 1. The highest BCUT2D eigenvalue weighted by atomic mass is 35.5. The maximum Gasteiger partial charge on any atom is 0.241 e. The lowest BCUT2D eigenvalue weighted by Crippen LogP contribution is -2.43. The summed E-state index contributed by atoms with van der Waals surface area (Å²) in [7, 11) is 0. The molecule has 0 radical (unpaired) electrons. The first-order valence-corrected chi connectivity index (χ1v) is 12.8. The molecule has 0 saturated carbocycles. The average Bonchev–Trinajstić information content (AvgIpc) is 3.28. The van der Waals surface area contributed by atoms with Crippen molar-refractivity contribution in [3.8, 4) is 11.4 Å². The Morgan fingerprint density at radius 2 is 2.06 bits per heavy atom. The van der Waals surface area contributed by atoms with Gasteiger partial charge in [-0.05, 0) is 49.6 Å². The van der Waals surface area contributed by atoms with Gasteiger partial charge in [0, 0.05) is 30.2 Å². The molecule has 2 heterocycles. The molecule has 1 aliphatic rings. The van der Waals surface area contributed by atoms with Gasteiger partial charge in [0.05, 0.1) is 17.5 Å². The minimum atomic E-state index is -0.00826. The van der Waals surface area contributed by atoms with E-state index in [2.05, 4.69) is 51.5 Å². The van der Waals surface area contributed by atoms with Crippen LogP contribution in [0.3, 0.4) is 0 Å². The first kappa shape index (κ1) is 23.8. The van der Waals surface area contributed by atoms with Crippen LogP contribution < -0.4 is 5.32 Å². The van der Waals surface area contributed by atoms with Gasteiger partial charge in [0.25, 0.3) is 0 Å². The van der Waals surface area contributed by atoms with Gasteiger partial charge in [0.1, 0.15) is 0 Å². The normalized spacial score (nSPS) is 16.6. The quantitative estimate of drug-likeness (QED) is 0.433. The summed E-state index contributed by atoms with van der Waals surface area (Å²) in [5.41, 5.74) is 3.43. The van der Waals surface area contributed by atoms with Crippen molar-refractivity contribution in [2.75, 3.05) is 25.4 Å². The number of carbonyl (C=O) groups is 1. The van der Waals surface area contributed by atoms with E-state index in [0.717, 1.165) is 36.5 Å². The second-order valence-electron chi connectivity index (χ2n) is 8.34. The summed E-state index contributed by atoms with van der Waals surface area (Å²) in [6.07, 6.45) is 1.89. The maximum absolute atomic E-state index is 12.7. The zero-order chi connectivity index (χ0) is 23.0. The molecule has 6 nitrogen and oxygen atoms in total. The number of likely N-dealkylation sites (tertiary alicyclic amines) is 1. The number of hydrogen-bond donors (Lipinski definition) is 1. The average molecular weight is 485 g/mol. The van der Waals surface area contributed by atoms with E-state index in [-0.39, 0.29) is 11.8 Å². The van der Waals surface area contributed by atoms with Gasteiger partial charge < -0.3 is 9.84 Å². The molecular formula is C25H29ClN4O2S. The van der Waals surface area contributed by atoms with Gasteiger partial charge in [-0.1, -0.05) is 53.2 Å². The molecule has 0 aliphatic carbocycles. The molecular weight excluding hydrogens is 456 g/mol. The van der Waals surface area contributed by atoms with Crippen molar-refractivity contribution in [2.45, 2.75) is 32.1 Å². The molecule has 4 rings (SSSR count). The fourth-order valence-corrected chi connectivity index (χ4v) is 5.18. The molecule has 0 spiro atoms. The molecule has 2 aromatic carbocycles. The highest BCUT2D eigenvalue weighted by Crippen LogP contribution is 2.26. The van der Waals surface area contributed by atoms with Crippen molar-refractivity contribution in [3.05, 3.63) is 70.6 Å². The maximum atomic E-state index is 12.7. The monoisotopic (exact) mass is 484 g/mol. The molecule has 1 amide bonds. The van der Waals surface area contributed by atoms with Crippen molar-refractivity contribution < 1.29 is 9.32 Å². The lowest BCUT2D eigenvalue weighted by atomic mass is 9.97. The lowest BCUT2D eigenvalue weighted by Gasteiger charge is -2.30. The number of hydrogen-bond acceptors (Lipinski definition) is 6. The van der Waals surface area contributed by atoms with Crippen LogP contribution >= 0.6 is 23.4 Å². The van der Waals surface area contributed by atoms with Crippen LogP contribution in [0.4, 0.5) is 0 Å². The van der Waals surface area contributed by atoms with E-state index in [1.165, 1.54) is 11.1 Å². The second kappa shape index (κ2) is 11.7. The summed E-state index contributed by atoms with van der Waals surface area (Å²) in [5.74, 6) is 3.04. The Hall–Kier alpha value is -2.35. The number of benzene rings is 2. The SMILES string of the molecule is Cc1ccccc1CSCCNC(=O)C1CCCN(Cc2nc(-c3ccccc3Cl)no2)C1.